The molecule has 11 heteroatoms. The Balaban J connectivity index is 1.47. The zero-order valence-corrected chi connectivity index (χ0v) is 18.4. The summed E-state index contributed by atoms with van der Waals surface area (Å²) in [5.41, 5.74) is 1.91. The molecule has 32 heavy (non-hydrogen) atoms. The summed E-state index contributed by atoms with van der Waals surface area (Å²) in [6.07, 6.45) is 3.91. The fourth-order valence-corrected chi connectivity index (χ4v) is 3.71. The molecule has 0 spiro atoms. The number of carbonyl (C=O) groups is 1. The molecule has 1 aromatic carbocycles. The SMILES string of the molecule is COc1cc(Nc2ncnc3nc(NCCCN4CCCC4=O)[nH]c23)cc(OC)c1OC. The summed E-state index contributed by atoms with van der Waals surface area (Å²) in [6, 6.07) is 3.59. The van der Waals surface area contributed by atoms with E-state index in [1.165, 1.54) is 6.33 Å². The van der Waals surface area contributed by atoms with Gasteiger partial charge in [-0.05, 0) is 12.8 Å². The molecule has 11 nitrogen and oxygen atoms in total. The first-order chi connectivity index (χ1) is 15.6. The summed E-state index contributed by atoms with van der Waals surface area (Å²) in [7, 11) is 4.69. The van der Waals surface area contributed by atoms with Crippen molar-refractivity contribution >= 4 is 34.5 Å². The number of rotatable bonds is 10. The number of hydrogen-bond acceptors (Lipinski definition) is 9. The molecule has 0 bridgehead atoms. The zero-order chi connectivity index (χ0) is 22.5. The van der Waals surface area contributed by atoms with Crippen LogP contribution in [0, 0.1) is 0 Å². The number of nitrogens with zero attached hydrogens (tertiary/aromatic N) is 4. The summed E-state index contributed by atoms with van der Waals surface area (Å²) in [6.45, 7) is 2.29. The number of benzene rings is 1. The lowest BCUT2D eigenvalue weighted by Crippen LogP contribution is -2.27. The minimum atomic E-state index is 0.242. The molecule has 1 aliphatic heterocycles. The molecule has 3 N–H and O–H groups in total. The minimum absolute atomic E-state index is 0.242. The third-order valence-electron chi connectivity index (χ3n) is 5.28. The van der Waals surface area contributed by atoms with E-state index in [2.05, 4.69) is 30.6 Å². The lowest BCUT2D eigenvalue weighted by atomic mass is 10.2. The number of anilines is 3. The Morgan fingerprint density at radius 1 is 1.12 bits per heavy atom. The number of likely N-dealkylation sites (tertiary alicyclic amines) is 1. The number of nitrogens with one attached hydrogen (secondary N) is 3. The first-order valence-electron chi connectivity index (χ1n) is 10.4. The smallest absolute Gasteiger partial charge is 0.222 e. The van der Waals surface area contributed by atoms with Gasteiger partial charge in [-0.3, -0.25) is 4.79 Å². The Morgan fingerprint density at radius 3 is 2.56 bits per heavy atom. The lowest BCUT2D eigenvalue weighted by molar-refractivity contribution is -0.127. The normalized spacial score (nSPS) is 13.5. The predicted octanol–water partition coefficient (Wildman–Crippen LogP) is 2.55. The van der Waals surface area contributed by atoms with Crippen LogP contribution in [0.15, 0.2) is 18.5 Å². The van der Waals surface area contributed by atoms with Crippen molar-refractivity contribution in [2.45, 2.75) is 19.3 Å². The maximum absolute atomic E-state index is 11.7. The van der Waals surface area contributed by atoms with Crippen molar-refractivity contribution in [1.29, 1.82) is 0 Å². The molecule has 4 rings (SSSR count). The Hall–Kier alpha value is -3.76. The monoisotopic (exact) mass is 441 g/mol. The zero-order valence-electron chi connectivity index (χ0n) is 18.4. The van der Waals surface area contributed by atoms with Crippen molar-refractivity contribution in [3.8, 4) is 17.2 Å². The van der Waals surface area contributed by atoms with Gasteiger partial charge in [-0.25, -0.2) is 9.97 Å². The van der Waals surface area contributed by atoms with Gasteiger partial charge >= 0.3 is 0 Å². The molecule has 1 saturated heterocycles. The van der Waals surface area contributed by atoms with Crippen LogP contribution in [-0.2, 0) is 4.79 Å². The highest BCUT2D eigenvalue weighted by Crippen LogP contribution is 2.40. The van der Waals surface area contributed by atoms with E-state index in [1.807, 2.05) is 4.90 Å². The standard InChI is InChI=1S/C21H27N7O4/c1-30-14-10-13(11-15(31-2)18(14)32-3)25-19-17-20(24-12-23-19)27-21(26-17)22-7-5-9-28-8-4-6-16(28)29/h10-12H,4-9H2,1-3H3,(H3,22,23,24,25,26,27). The van der Waals surface area contributed by atoms with Crippen molar-refractivity contribution in [2.24, 2.45) is 0 Å². The van der Waals surface area contributed by atoms with Gasteiger partial charge in [-0.15, -0.1) is 0 Å². The highest BCUT2D eigenvalue weighted by molar-refractivity contribution is 5.87. The summed E-state index contributed by atoms with van der Waals surface area (Å²) in [4.78, 5) is 29.9. The van der Waals surface area contributed by atoms with Crippen LogP contribution < -0.4 is 24.8 Å². The Bertz CT molecular complexity index is 1080. The first-order valence-corrected chi connectivity index (χ1v) is 10.4. The van der Waals surface area contributed by atoms with Gasteiger partial charge in [0.1, 0.15) is 11.8 Å². The largest absolute Gasteiger partial charge is 0.493 e. The second-order valence-electron chi connectivity index (χ2n) is 7.31. The minimum Gasteiger partial charge on any atom is -0.493 e. The van der Waals surface area contributed by atoms with Crippen LogP contribution in [0.25, 0.3) is 11.2 Å². The van der Waals surface area contributed by atoms with E-state index in [0.717, 1.165) is 25.9 Å². The molecule has 1 aliphatic rings. The average Bonchev–Trinajstić information content (AvgIpc) is 3.42. The number of aromatic nitrogens is 4. The van der Waals surface area contributed by atoms with E-state index in [0.29, 0.717) is 58.8 Å². The van der Waals surface area contributed by atoms with Gasteiger partial charge in [0.05, 0.1) is 21.3 Å². The predicted molar refractivity (Wildman–Crippen MR) is 120 cm³/mol. The quantitative estimate of drug-likeness (QED) is 0.407. The van der Waals surface area contributed by atoms with Crippen molar-refractivity contribution in [2.75, 3.05) is 51.6 Å². The molecule has 0 saturated carbocycles. The fraction of sp³-hybridized carbons (Fsp3) is 0.429. The number of amides is 1. The van der Waals surface area contributed by atoms with Gasteiger partial charge in [0.25, 0.3) is 0 Å². The molecular formula is C21H27N7O4. The Morgan fingerprint density at radius 2 is 1.91 bits per heavy atom. The number of methoxy groups -OCH3 is 3. The number of aromatic amines is 1. The molecule has 1 fully saturated rings. The van der Waals surface area contributed by atoms with Crippen molar-refractivity contribution in [3.05, 3.63) is 18.5 Å². The molecule has 3 aromatic rings. The van der Waals surface area contributed by atoms with Crippen LogP contribution in [0.3, 0.4) is 0 Å². The van der Waals surface area contributed by atoms with Crippen LogP contribution in [0.4, 0.5) is 17.5 Å². The van der Waals surface area contributed by atoms with Crippen LogP contribution in [-0.4, -0.2) is 71.7 Å². The number of carbonyl (C=O) groups excluding carboxylic acids is 1. The molecule has 0 atom stereocenters. The summed E-state index contributed by atoms with van der Waals surface area (Å²) in [5.74, 6) is 2.98. The number of fused-ring (bicyclic) bond motifs is 1. The first kappa shape index (κ1) is 21.5. The van der Waals surface area contributed by atoms with E-state index in [9.17, 15) is 4.79 Å². The van der Waals surface area contributed by atoms with Crippen molar-refractivity contribution < 1.29 is 19.0 Å². The number of hydrogen-bond donors (Lipinski definition) is 3. The van der Waals surface area contributed by atoms with Gasteiger partial charge in [0.2, 0.25) is 17.6 Å². The summed E-state index contributed by atoms with van der Waals surface area (Å²) in [5, 5.41) is 6.52. The maximum atomic E-state index is 11.7. The maximum Gasteiger partial charge on any atom is 0.222 e. The van der Waals surface area contributed by atoms with Crippen molar-refractivity contribution in [1.82, 2.24) is 24.8 Å². The molecule has 0 unspecified atom stereocenters. The molecular weight excluding hydrogens is 414 g/mol. The van der Waals surface area contributed by atoms with Crippen molar-refractivity contribution in [3.63, 3.8) is 0 Å². The van der Waals surface area contributed by atoms with Gasteiger partial charge in [-0.1, -0.05) is 0 Å². The van der Waals surface area contributed by atoms with Gasteiger partial charge in [-0.2, -0.15) is 4.98 Å². The lowest BCUT2D eigenvalue weighted by Gasteiger charge is -2.15. The summed E-state index contributed by atoms with van der Waals surface area (Å²) >= 11 is 0. The van der Waals surface area contributed by atoms with Gasteiger partial charge in [0.15, 0.2) is 23.0 Å². The number of imidazole rings is 1. The molecule has 2 aromatic heterocycles. The van der Waals surface area contributed by atoms with E-state index in [1.54, 1.807) is 33.5 Å². The van der Waals surface area contributed by atoms with Crippen LogP contribution in [0.1, 0.15) is 19.3 Å². The topological polar surface area (TPSA) is 127 Å². The number of ether oxygens (including phenoxy) is 3. The van der Waals surface area contributed by atoms with E-state index >= 15 is 0 Å². The van der Waals surface area contributed by atoms with Crippen LogP contribution in [0.2, 0.25) is 0 Å². The fourth-order valence-electron chi connectivity index (χ4n) is 3.71. The van der Waals surface area contributed by atoms with Gasteiger partial charge < -0.3 is 34.7 Å². The van der Waals surface area contributed by atoms with Crippen LogP contribution in [0.5, 0.6) is 17.2 Å². The second kappa shape index (κ2) is 9.58. The highest BCUT2D eigenvalue weighted by Gasteiger charge is 2.19. The molecule has 170 valence electrons. The van der Waals surface area contributed by atoms with Gasteiger partial charge in [0, 0.05) is 43.9 Å². The molecule has 0 radical (unpaired) electrons. The average molecular weight is 441 g/mol. The van der Waals surface area contributed by atoms with E-state index in [-0.39, 0.29) is 5.91 Å². The van der Waals surface area contributed by atoms with E-state index < -0.39 is 0 Å². The number of H-pyrrole nitrogens is 1. The highest BCUT2D eigenvalue weighted by atomic mass is 16.5. The third-order valence-corrected chi connectivity index (χ3v) is 5.28. The van der Waals surface area contributed by atoms with E-state index in [4.69, 9.17) is 14.2 Å². The molecule has 0 aliphatic carbocycles. The Labute approximate surface area is 185 Å². The third kappa shape index (κ3) is 4.46. The van der Waals surface area contributed by atoms with Crippen LogP contribution >= 0.6 is 0 Å². The molecule has 1 amide bonds. The summed E-state index contributed by atoms with van der Waals surface area (Å²) < 4.78 is 16.2. The Kier molecular flexibility index (Phi) is 6.43. The molecule has 3 heterocycles. The second-order valence-corrected chi connectivity index (χ2v) is 7.31.